The number of amides is 1. The maximum absolute atomic E-state index is 12.4. The highest BCUT2D eigenvalue weighted by atomic mass is 32.1. The summed E-state index contributed by atoms with van der Waals surface area (Å²) in [6.07, 6.45) is 1.34. The van der Waals surface area contributed by atoms with Crippen LogP contribution in [0.4, 0.5) is 0 Å². The van der Waals surface area contributed by atoms with Gasteiger partial charge in [0, 0.05) is 25.8 Å². The molecule has 0 atom stereocenters. The fraction of sp³-hybridized carbons (Fsp3) is 0.526. The summed E-state index contributed by atoms with van der Waals surface area (Å²) in [6, 6.07) is 6.84. The fourth-order valence-corrected chi connectivity index (χ4v) is 3.05. The number of benzene rings is 1. The first-order valence-electron chi connectivity index (χ1n) is 9.03. The van der Waals surface area contributed by atoms with Crippen LogP contribution >= 0.6 is 12.2 Å². The molecule has 1 aromatic rings. The molecule has 1 saturated heterocycles. The van der Waals surface area contributed by atoms with Crippen LogP contribution in [0.3, 0.4) is 0 Å². The molecule has 0 radical (unpaired) electrons. The second kappa shape index (κ2) is 10.8. The Morgan fingerprint density at radius 3 is 2.44 bits per heavy atom. The molecule has 1 aromatic carbocycles. The van der Waals surface area contributed by atoms with E-state index in [-0.39, 0.29) is 17.8 Å². The number of rotatable bonds is 7. The van der Waals surface area contributed by atoms with Gasteiger partial charge in [0.1, 0.15) is 12.4 Å². The van der Waals surface area contributed by atoms with E-state index < -0.39 is 0 Å². The van der Waals surface area contributed by atoms with E-state index in [2.05, 4.69) is 5.32 Å². The summed E-state index contributed by atoms with van der Waals surface area (Å²) >= 11 is 5.34. The van der Waals surface area contributed by atoms with E-state index in [1.807, 2.05) is 4.90 Å². The van der Waals surface area contributed by atoms with Crippen LogP contribution in [0.15, 0.2) is 24.3 Å². The lowest BCUT2D eigenvalue weighted by atomic mass is 9.97. The quantitative estimate of drug-likeness (QED) is 0.431. The standard InChI is InChI=1S/C19H26N2O5S/c1-3-25-18(23)15-8-10-21(11-9-15)19(27)20-17(22)14-4-6-16(7-5-14)26-13-12-24-2/h4-7,15H,3,8-13H2,1-2H3,(H,20,22,27). The predicted molar refractivity (Wildman–Crippen MR) is 105 cm³/mol. The fourth-order valence-electron chi connectivity index (χ4n) is 2.77. The van der Waals surface area contributed by atoms with Gasteiger partial charge in [0.25, 0.3) is 5.91 Å². The Morgan fingerprint density at radius 2 is 1.85 bits per heavy atom. The van der Waals surface area contributed by atoms with Gasteiger partial charge in [-0.2, -0.15) is 0 Å². The predicted octanol–water partition coefficient (Wildman–Crippen LogP) is 2.00. The Bertz CT molecular complexity index is 642. The van der Waals surface area contributed by atoms with Crippen LogP contribution in [-0.4, -0.2) is 61.9 Å². The van der Waals surface area contributed by atoms with Gasteiger partial charge < -0.3 is 19.1 Å². The largest absolute Gasteiger partial charge is 0.491 e. The summed E-state index contributed by atoms with van der Waals surface area (Å²) in [5.74, 6) is 0.161. The first-order chi connectivity index (χ1) is 13.0. The van der Waals surface area contributed by atoms with Crippen LogP contribution < -0.4 is 10.1 Å². The third kappa shape index (κ3) is 6.48. The van der Waals surface area contributed by atoms with Crippen LogP contribution in [0.5, 0.6) is 5.75 Å². The topological polar surface area (TPSA) is 77.1 Å². The molecule has 7 nitrogen and oxygen atoms in total. The minimum absolute atomic E-state index is 0.0923. The lowest BCUT2D eigenvalue weighted by Crippen LogP contribution is -2.47. The maximum atomic E-state index is 12.4. The SMILES string of the molecule is CCOC(=O)C1CCN(C(=S)NC(=O)c2ccc(OCCOC)cc2)CC1. The molecule has 0 aromatic heterocycles. The highest BCUT2D eigenvalue weighted by molar-refractivity contribution is 7.80. The number of hydrogen-bond acceptors (Lipinski definition) is 6. The van der Waals surface area contributed by atoms with E-state index in [1.54, 1.807) is 38.3 Å². The maximum Gasteiger partial charge on any atom is 0.309 e. The zero-order valence-electron chi connectivity index (χ0n) is 15.7. The number of ether oxygens (including phenoxy) is 3. The molecular formula is C19H26N2O5S. The number of piperidine rings is 1. The Balaban J connectivity index is 1.80. The first-order valence-corrected chi connectivity index (χ1v) is 9.44. The lowest BCUT2D eigenvalue weighted by Gasteiger charge is -2.32. The van der Waals surface area contributed by atoms with E-state index in [9.17, 15) is 9.59 Å². The van der Waals surface area contributed by atoms with E-state index >= 15 is 0 Å². The van der Waals surface area contributed by atoms with Crippen LogP contribution in [-0.2, 0) is 14.3 Å². The minimum atomic E-state index is -0.268. The molecule has 1 N–H and O–H groups in total. The van der Waals surface area contributed by atoms with Gasteiger partial charge in [-0.05, 0) is 56.2 Å². The molecule has 0 spiro atoms. The van der Waals surface area contributed by atoms with Crippen LogP contribution in [0.25, 0.3) is 0 Å². The zero-order valence-corrected chi connectivity index (χ0v) is 16.5. The third-order valence-corrected chi connectivity index (χ3v) is 4.66. The molecule has 27 heavy (non-hydrogen) atoms. The Kier molecular flexibility index (Phi) is 8.47. The normalized spacial score (nSPS) is 14.5. The summed E-state index contributed by atoms with van der Waals surface area (Å²) in [7, 11) is 1.61. The first kappa shape index (κ1) is 21.1. The average molecular weight is 394 g/mol. The molecule has 1 amide bonds. The molecule has 1 fully saturated rings. The van der Waals surface area contributed by atoms with E-state index in [0.29, 0.717) is 62.2 Å². The lowest BCUT2D eigenvalue weighted by molar-refractivity contribution is -0.149. The molecule has 0 aliphatic carbocycles. The summed E-state index contributed by atoms with van der Waals surface area (Å²) in [5, 5.41) is 3.13. The van der Waals surface area contributed by atoms with E-state index in [4.69, 9.17) is 26.4 Å². The molecule has 1 aliphatic rings. The van der Waals surface area contributed by atoms with Crippen LogP contribution in [0.2, 0.25) is 0 Å². The number of hydrogen-bond donors (Lipinski definition) is 1. The number of esters is 1. The molecule has 8 heteroatoms. The molecule has 1 aliphatic heterocycles. The number of nitrogens with zero attached hydrogens (tertiary/aromatic N) is 1. The second-order valence-electron chi connectivity index (χ2n) is 6.14. The minimum Gasteiger partial charge on any atom is -0.491 e. The van der Waals surface area contributed by atoms with Gasteiger partial charge >= 0.3 is 5.97 Å². The smallest absolute Gasteiger partial charge is 0.309 e. The summed E-state index contributed by atoms with van der Waals surface area (Å²) in [5.41, 5.74) is 0.498. The van der Waals surface area contributed by atoms with Gasteiger partial charge in [-0.3, -0.25) is 14.9 Å². The van der Waals surface area contributed by atoms with Gasteiger partial charge in [-0.15, -0.1) is 0 Å². The average Bonchev–Trinajstić information content (AvgIpc) is 2.69. The molecular weight excluding hydrogens is 368 g/mol. The van der Waals surface area contributed by atoms with E-state index in [1.165, 1.54) is 0 Å². The van der Waals surface area contributed by atoms with Crippen molar-refractivity contribution in [2.75, 3.05) is 40.0 Å². The van der Waals surface area contributed by atoms with Gasteiger partial charge in [0.15, 0.2) is 5.11 Å². The number of likely N-dealkylation sites (tertiary alicyclic amines) is 1. The van der Waals surface area contributed by atoms with Crippen molar-refractivity contribution in [3.63, 3.8) is 0 Å². The van der Waals surface area contributed by atoms with Gasteiger partial charge in [0.05, 0.1) is 19.1 Å². The van der Waals surface area contributed by atoms with Gasteiger partial charge in [-0.25, -0.2) is 0 Å². The molecule has 0 bridgehead atoms. The van der Waals surface area contributed by atoms with Crippen molar-refractivity contribution in [3.05, 3.63) is 29.8 Å². The number of methoxy groups -OCH3 is 1. The van der Waals surface area contributed by atoms with Crippen molar-refractivity contribution in [3.8, 4) is 5.75 Å². The van der Waals surface area contributed by atoms with Crippen molar-refractivity contribution >= 4 is 29.2 Å². The Morgan fingerprint density at radius 1 is 1.19 bits per heavy atom. The number of carbonyl (C=O) groups excluding carboxylic acids is 2. The third-order valence-electron chi connectivity index (χ3n) is 4.30. The summed E-state index contributed by atoms with van der Waals surface area (Å²) in [6.45, 7) is 4.39. The zero-order chi connectivity index (χ0) is 19.6. The summed E-state index contributed by atoms with van der Waals surface area (Å²) in [4.78, 5) is 26.1. The molecule has 1 heterocycles. The number of carbonyl (C=O) groups is 2. The van der Waals surface area contributed by atoms with Crippen molar-refractivity contribution in [1.82, 2.24) is 10.2 Å². The molecule has 2 rings (SSSR count). The summed E-state index contributed by atoms with van der Waals surface area (Å²) < 4.78 is 15.5. The highest BCUT2D eigenvalue weighted by Gasteiger charge is 2.27. The number of nitrogens with one attached hydrogen (secondary N) is 1. The monoisotopic (exact) mass is 394 g/mol. The van der Waals surface area contributed by atoms with Crippen molar-refractivity contribution in [1.29, 1.82) is 0 Å². The van der Waals surface area contributed by atoms with Crippen molar-refractivity contribution in [2.45, 2.75) is 19.8 Å². The van der Waals surface area contributed by atoms with Gasteiger partial charge in [-0.1, -0.05) is 0 Å². The van der Waals surface area contributed by atoms with Crippen LogP contribution in [0.1, 0.15) is 30.1 Å². The van der Waals surface area contributed by atoms with Crippen LogP contribution in [0, 0.1) is 5.92 Å². The second-order valence-corrected chi connectivity index (χ2v) is 6.52. The van der Waals surface area contributed by atoms with Crippen molar-refractivity contribution in [2.24, 2.45) is 5.92 Å². The van der Waals surface area contributed by atoms with Crippen molar-refractivity contribution < 1.29 is 23.8 Å². The molecule has 148 valence electrons. The Labute approximate surface area is 165 Å². The van der Waals surface area contributed by atoms with Gasteiger partial charge in [0.2, 0.25) is 0 Å². The van der Waals surface area contributed by atoms with E-state index in [0.717, 1.165) is 0 Å². The molecule has 0 saturated carbocycles. The molecule has 0 unspecified atom stereocenters. The Hall–Kier alpha value is -2.19. The number of thiocarbonyl (C=S) groups is 1. The highest BCUT2D eigenvalue weighted by Crippen LogP contribution is 2.19.